The summed E-state index contributed by atoms with van der Waals surface area (Å²) in [4.78, 5) is 14.2. The van der Waals surface area contributed by atoms with Crippen LogP contribution in [-0.2, 0) is 13.1 Å². The van der Waals surface area contributed by atoms with Gasteiger partial charge in [0.2, 0.25) is 0 Å². The number of Topliss-reactive ketones (excluding diaryl/α,β-unsaturated/α-hetero) is 1. The minimum Gasteiger partial charge on any atom is -0.410 e. The molecule has 1 aliphatic rings. The van der Waals surface area contributed by atoms with E-state index in [1.54, 1.807) is 0 Å². The molecule has 6 nitrogen and oxygen atoms in total. The monoisotopic (exact) mass is 391 g/mol. The van der Waals surface area contributed by atoms with Crippen LogP contribution < -0.4 is 4.90 Å². The first-order valence-corrected chi connectivity index (χ1v) is 10.9. The molecule has 1 fully saturated rings. The highest BCUT2D eigenvalue weighted by Gasteiger charge is 2.20. The predicted molar refractivity (Wildman–Crippen MR) is 106 cm³/mol. The van der Waals surface area contributed by atoms with Gasteiger partial charge in [-0.25, -0.2) is 0 Å². The average Bonchev–Trinajstić information content (AvgIpc) is 3.34. The van der Waals surface area contributed by atoms with Crippen molar-refractivity contribution >= 4 is 17.5 Å². The molecule has 0 bridgehead atoms. The predicted octanol–water partition coefficient (Wildman–Crippen LogP) is 2.69. The molecule has 3 heterocycles. The number of thioether (sulfide) groups is 1. The Morgan fingerprint density at radius 2 is 2.04 bits per heavy atom. The molecule has 0 atom stereocenters. The lowest BCUT2D eigenvalue weighted by atomic mass is 10.1. The number of quaternary nitrogens is 1. The molecule has 0 radical (unpaired) electrons. The van der Waals surface area contributed by atoms with Gasteiger partial charge < -0.3 is 13.9 Å². The number of ketones is 1. The molecule has 2 aromatic rings. The second-order valence-corrected chi connectivity index (χ2v) is 8.85. The Labute approximate surface area is 165 Å². The molecule has 0 unspecified atom stereocenters. The van der Waals surface area contributed by atoms with Crippen LogP contribution in [0.25, 0.3) is 0 Å². The van der Waals surface area contributed by atoms with E-state index < -0.39 is 0 Å². The van der Waals surface area contributed by atoms with Crippen LogP contribution in [0, 0.1) is 19.8 Å². The van der Waals surface area contributed by atoms with Crippen molar-refractivity contribution < 1.29 is 14.1 Å². The maximum atomic E-state index is 12.7. The fourth-order valence-corrected chi connectivity index (χ4v) is 4.32. The Hall–Kier alpha value is -1.60. The van der Waals surface area contributed by atoms with Crippen LogP contribution in [0.3, 0.4) is 0 Å². The SMILES string of the molecule is Cc1cc(C(=O)CSc2nnc(C[NH+]3CCCC3)o2)c(C)n1CCC(C)C. The lowest BCUT2D eigenvalue weighted by Gasteiger charge is -2.11. The van der Waals surface area contributed by atoms with Gasteiger partial charge in [0.15, 0.2) is 12.3 Å². The second-order valence-electron chi connectivity index (χ2n) is 7.93. The van der Waals surface area contributed by atoms with Crippen molar-refractivity contribution in [1.82, 2.24) is 14.8 Å². The third-order valence-corrected chi connectivity index (χ3v) is 6.11. The van der Waals surface area contributed by atoms with Gasteiger partial charge >= 0.3 is 0 Å². The van der Waals surface area contributed by atoms with Crippen LogP contribution in [0.5, 0.6) is 0 Å². The van der Waals surface area contributed by atoms with E-state index in [1.807, 2.05) is 13.0 Å². The summed E-state index contributed by atoms with van der Waals surface area (Å²) in [5.41, 5.74) is 3.02. The quantitative estimate of drug-likeness (QED) is 0.526. The maximum absolute atomic E-state index is 12.7. The van der Waals surface area contributed by atoms with Crippen molar-refractivity contribution in [2.45, 2.75) is 65.3 Å². The highest BCUT2D eigenvalue weighted by atomic mass is 32.2. The average molecular weight is 392 g/mol. The van der Waals surface area contributed by atoms with E-state index >= 15 is 0 Å². The minimum atomic E-state index is 0.119. The molecule has 0 aliphatic carbocycles. The standard InChI is InChI=1S/C20H30N4O2S/c1-14(2)7-10-24-15(3)11-17(16(24)4)18(25)13-27-20-22-21-19(26-20)12-23-8-5-6-9-23/h11,14H,5-10,12-13H2,1-4H3/p+1. The Kier molecular flexibility index (Phi) is 6.76. The Balaban J connectivity index is 1.56. The number of hydrogen-bond acceptors (Lipinski definition) is 5. The van der Waals surface area contributed by atoms with Gasteiger partial charge in [-0.1, -0.05) is 25.6 Å². The van der Waals surface area contributed by atoms with Gasteiger partial charge in [-0.15, -0.1) is 10.2 Å². The molecule has 27 heavy (non-hydrogen) atoms. The van der Waals surface area contributed by atoms with E-state index in [4.69, 9.17) is 4.42 Å². The van der Waals surface area contributed by atoms with Crippen molar-refractivity contribution in [3.05, 3.63) is 28.9 Å². The third-order valence-electron chi connectivity index (χ3n) is 5.29. The summed E-state index contributed by atoms with van der Waals surface area (Å²) in [5, 5.41) is 8.72. The van der Waals surface area contributed by atoms with Gasteiger partial charge in [0, 0.05) is 36.3 Å². The van der Waals surface area contributed by atoms with E-state index in [0.717, 1.165) is 36.5 Å². The van der Waals surface area contributed by atoms with E-state index in [0.29, 0.717) is 22.8 Å². The van der Waals surface area contributed by atoms with E-state index in [1.165, 1.54) is 42.6 Å². The Bertz CT molecular complexity index is 775. The molecule has 1 N–H and O–H groups in total. The van der Waals surface area contributed by atoms with Crippen molar-refractivity contribution in [2.24, 2.45) is 5.92 Å². The van der Waals surface area contributed by atoms with Gasteiger partial charge in [-0.2, -0.15) is 0 Å². The van der Waals surface area contributed by atoms with Crippen molar-refractivity contribution in [3.8, 4) is 0 Å². The number of hydrogen-bond donors (Lipinski definition) is 1. The van der Waals surface area contributed by atoms with Crippen molar-refractivity contribution in [3.63, 3.8) is 0 Å². The first kappa shape index (κ1) is 20.1. The molecule has 7 heteroatoms. The van der Waals surface area contributed by atoms with E-state index in [2.05, 4.69) is 35.5 Å². The first-order chi connectivity index (χ1) is 12.9. The number of carbonyl (C=O) groups excluding carboxylic acids is 1. The largest absolute Gasteiger partial charge is 0.410 e. The number of nitrogens with one attached hydrogen (secondary N) is 1. The number of likely N-dealkylation sites (tertiary alicyclic amines) is 1. The molecule has 0 aromatic carbocycles. The first-order valence-electron chi connectivity index (χ1n) is 9.92. The van der Waals surface area contributed by atoms with E-state index in [-0.39, 0.29) is 5.78 Å². The zero-order valence-electron chi connectivity index (χ0n) is 16.9. The number of carbonyl (C=O) groups is 1. The maximum Gasteiger partial charge on any atom is 0.277 e. The molecule has 1 saturated heterocycles. The fraction of sp³-hybridized carbons (Fsp3) is 0.650. The molecule has 2 aromatic heterocycles. The van der Waals surface area contributed by atoms with Crippen LogP contribution in [0.4, 0.5) is 0 Å². The van der Waals surface area contributed by atoms with E-state index in [9.17, 15) is 4.79 Å². The number of aryl methyl sites for hydroxylation is 1. The highest BCUT2D eigenvalue weighted by molar-refractivity contribution is 7.99. The van der Waals surface area contributed by atoms with Gasteiger partial charge in [0.05, 0.1) is 18.8 Å². The number of nitrogens with zero attached hydrogens (tertiary/aromatic N) is 3. The smallest absolute Gasteiger partial charge is 0.277 e. The zero-order chi connectivity index (χ0) is 19.4. The van der Waals surface area contributed by atoms with Gasteiger partial charge in [-0.3, -0.25) is 4.79 Å². The molecular weight excluding hydrogens is 360 g/mol. The molecule has 148 valence electrons. The zero-order valence-corrected chi connectivity index (χ0v) is 17.7. The van der Waals surface area contributed by atoms with Gasteiger partial charge in [0.25, 0.3) is 11.1 Å². The fourth-order valence-electron chi connectivity index (χ4n) is 3.65. The lowest BCUT2D eigenvalue weighted by Crippen LogP contribution is -3.08. The van der Waals surface area contributed by atoms with Gasteiger partial charge in [0.1, 0.15) is 0 Å². The number of rotatable bonds is 9. The lowest BCUT2D eigenvalue weighted by molar-refractivity contribution is -0.902. The summed E-state index contributed by atoms with van der Waals surface area (Å²) >= 11 is 1.34. The molecule has 0 saturated carbocycles. The summed E-state index contributed by atoms with van der Waals surface area (Å²) in [5.74, 6) is 1.77. The Morgan fingerprint density at radius 3 is 2.74 bits per heavy atom. The van der Waals surface area contributed by atoms with Crippen LogP contribution in [0.15, 0.2) is 15.7 Å². The molecule has 0 amide bonds. The van der Waals surface area contributed by atoms with Crippen LogP contribution in [-0.4, -0.2) is 39.4 Å². The summed E-state index contributed by atoms with van der Waals surface area (Å²) in [6.07, 6.45) is 3.66. The summed E-state index contributed by atoms with van der Waals surface area (Å²) in [6.45, 7) is 12.7. The third kappa shape index (κ3) is 5.23. The second kappa shape index (κ2) is 9.06. The normalized spacial score (nSPS) is 15.1. The topological polar surface area (TPSA) is 65.4 Å². The summed E-state index contributed by atoms with van der Waals surface area (Å²) in [7, 11) is 0. The minimum absolute atomic E-state index is 0.119. The van der Waals surface area contributed by atoms with Crippen molar-refractivity contribution in [1.29, 1.82) is 0 Å². The molecule has 0 spiro atoms. The molecule has 3 rings (SSSR count). The van der Waals surface area contributed by atoms with Crippen LogP contribution >= 0.6 is 11.8 Å². The van der Waals surface area contributed by atoms with Crippen molar-refractivity contribution in [2.75, 3.05) is 18.8 Å². The molecular formula is C20H31N4O2S+. The number of aromatic nitrogens is 3. The highest BCUT2D eigenvalue weighted by Crippen LogP contribution is 2.22. The van der Waals surface area contributed by atoms with Crippen LogP contribution in [0.1, 0.15) is 60.7 Å². The van der Waals surface area contributed by atoms with Gasteiger partial charge in [-0.05, 0) is 32.3 Å². The summed E-state index contributed by atoms with van der Waals surface area (Å²) < 4.78 is 7.97. The van der Waals surface area contributed by atoms with Crippen LogP contribution in [0.2, 0.25) is 0 Å². The molecule has 1 aliphatic heterocycles. The Morgan fingerprint density at radius 1 is 1.30 bits per heavy atom. The summed E-state index contributed by atoms with van der Waals surface area (Å²) in [6, 6.07) is 2.01.